The molecule has 1 amide bonds. The molecule has 2 aromatic rings. The first kappa shape index (κ1) is 25.8. The number of aliphatic hydroxyl groups is 3. The van der Waals surface area contributed by atoms with Crippen LogP contribution in [-0.4, -0.2) is 66.5 Å². The van der Waals surface area contributed by atoms with Crippen molar-refractivity contribution >= 4 is 18.1 Å². The number of rotatable bonds is 7. The average molecular weight is 507 g/mol. The molecule has 1 aromatic carbocycles. The van der Waals surface area contributed by atoms with E-state index in [4.69, 9.17) is 21.7 Å². The van der Waals surface area contributed by atoms with Gasteiger partial charge in [0.05, 0.1) is 6.61 Å². The Kier molecular flexibility index (Phi) is 7.35. The second kappa shape index (κ2) is 9.98. The van der Waals surface area contributed by atoms with Crippen LogP contribution in [0.25, 0.3) is 0 Å². The number of nitrogens with one attached hydrogen (secondary N) is 1. The summed E-state index contributed by atoms with van der Waals surface area (Å²) in [6, 6.07) is 7.10. The summed E-state index contributed by atoms with van der Waals surface area (Å²) in [7, 11) is 0. The fourth-order valence-corrected chi connectivity index (χ4v) is 4.70. The van der Waals surface area contributed by atoms with Crippen LogP contribution in [0.1, 0.15) is 64.2 Å². The third-order valence-electron chi connectivity index (χ3n) is 6.41. The molecular weight excluding hydrogens is 472 g/mol. The van der Waals surface area contributed by atoms with Crippen molar-refractivity contribution in [1.29, 1.82) is 0 Å². The van der Waals surface area contributed by atoms with Crippen LogP contribution in [0.15, 0.2) is 24.3 Å². The van der Waals surface area contributed by atoms with Crippen molar-refractivity contribution < 1.29 is 29.6 Å². The predicted octanol–water partition coefficient (Wildman–Crippen LogP) is 1.74. The van der Waals surface area contributed by atoms with Gasteiger partial charge in [-0.15, -0.1) is 0 Å². The Morgan fingerprint density at radius 2 is 1.89 bits per heavy atom. The van der Waals surface area contributed by atoms with Crippen molar-refractivity contribution in [3.05, 3.63) is 40.4 Å². The molecule has 35 heavy (non-hydrogen) atoms. The number of amides is 1. The molecule has 2 fully saturated rings. The van der Waals surface area contributed by atoms with E-state index in [1.807, 2.05) is 28.8 Å². The molecule has 2 heterocycles. The highest BCUT2D eigenvalue weighted by atomic mass is 32.1. The summed E-state index contributed by atoms with van der Waals surface area (Å²) >= 11 is 5.72. The average Bonchev–Trinajstić information content (AvgIpc) is 3.58. The topological polar surface area (TPSA) is 131 Å². The van der Waals surface area contributed by atoms with Crippen LogP contribution in [0.3, 0.4) is 0 Å². The molecule has 1 aliphatic carbocycles. The van der Waals surface area contributed by atoms with Gasteiger partial charge in [0.2, 0.25) is 10.7 Å². The third kappa shape index (κ3) is 5.44. The maximum atomic E-state index is 11.8. The van der Waals surface area contributed by atoms with Crippen molar-refractivity contribution in [2.24, 2.45) is 0 Å². The SMILES string of the molecule is CC(=O)N[C@@H]1[C@@H](O)[C@H](O)[C@@H](CO)O[C@H]1n1nc(COc2ccc(C(C)(C)C)cc2)n(C2CC2)c1=S. The molecule has 4 N–H and O–H groups in total. The molecule has 1 saturated heterocycles. The Morgan fingerprint density at radius 3 is 2.43 bits per heavy atom. The highest BCUT2D eigenvalue weighted by Gasteiger charge is 2.47. The van der Waals surface area contributed by atoms with Gasteiger partial charge in [-0.1, -0.05) is 32.9 Å². The van der Waals surface area contributed by atoms with E-state index in [9.17, 15) is 20.1 Å². The number of aromatic nitrogens is 3. The number of carbonyl (C=O) groups excluding carboxylic acids is 1. The van der Waals surface area contributed by atoms with Crippen LogP contribution in [-0.2, 0) is 21.6 Å². The summed E-state index contributed by atoms with van der Waals surface area (Å²) in [6.45, 7) is 7.40. The molecule has 10 nitrogen and oxygen atoms in total. The molecule has 1 saturated carbocycles. The zero-order valence-corrected chi connectivity index (χ0v) is 21.2. The highest BCUT2D eigenvalue weighted by Crippen LogP contribution is 2.38. The molecule has 11 heteroatoms. The summed E-state index contributed by atoms with van der Waals surface area (Å²) in [5, 5.41) is 37.9. The molecule has 5 atom stereocenters. The Balaban J connectivity index is 1.62. The quantitative estimate of drug-likeness (QED) is 0.418. The zero-order chi connectivity index (χ0) is 25.5. The fraction of sp³-hybridized carbons (Fsp3) is 0.625. The van der Waals surface area contributed by atoms with Crippen LogP contribution in [0.4, 0.5) is 0 Å². The minimum Gasteiger partial charge on any atom is -0.486 e. The first-order valence-electron chi connectivity index (χ1n) is 11.8. The van der Waals surface area contributed by atoms with Gasteiger partial charge in [-0.05, 0) is 48.2 Å². The smallest absolute Gasteiger partial charge is 0.217 e. The summed E-state index contributed by atoms with van der Waals surface area (Å²) in [5.74, 6) is 0.876. The van der Waals surface area contributed by atoms with Gasteiger partial charge in [0.15, 0.2) is 12.1 Å². The number of aliphatic hydroxyl groups excluding tert-OH is 3. The fourth-order valence-electron chi connectivity index (χ4n) is 4.30. The predicted molar refractivity (Wildman–Crippen MR) is 129 cm³/mol. The van der Waals surface area contributed by atoms with Gasteiger partial charge in [-0.25, -0.2) is 4.68 Å². The minimum atomic E-state index is -1.39. The van der Waals surface area contributed by atoms with E-state index in [-0.39, 0.29) is 18.1 Å². The van der Waals surface area contributed by atoms with E-state index in [0.29, 0.717) is 16.3 Å². The van der Waals surface area contributed by atoms with Gasteiger partial charge in [0.1, 0.15) is 36.7 Å². The van der Waals surface area contributed by atoms with Gasteiger partial charge in [0, 0.05) is 13.0 Å². The standard InChI is InChI=1S/C24H34N4O6S/c1-13(30)25-19-21(32)20(31)17(11-29)34-22(19)28-23(35)27(15-7-8-15)18(26-28)12-33-16-9-5-14(6-10-16)24(2,3)4/h5-6,9-10,15,17,19-22,29,31-32H,7-8,11-12H2,1-4H3,(H,25,30)/t17-,19-,20-,21-,22-/m1/s1. The molecule has 0 unspecified atom stereocenters. The second-order valence-corrected chi connectivity index (χ2v) is 10.6. The van der Waals surface area contributed by atoms with E-state index in [2.05, 4.69) is 31.2 Å². The van der Waals surface area contributed by atoms with Gasteiger partial charge >= 0.3 is 0 Å². The lowest BCUT2D eigenvalue weighted by molar-refractivity contribution is -0.219. The van der Waals surface area contributed by atoms with Gasteiger partial charge in [0.25, 0.3) is 0 Å². The molecule has 0 bridgehead atoms. The summed E-state index contributed by atoms with van der Waals surface area (Å²) in [4.78, 5) is 11.8. The highest BCUT2D eigenvalue weighted by molar-refractivity contribution is 7.71. The Labute approximate surface area is 209 Å². The normalized spacial score (nSPS) is 27.0. The van der Waals surface area contributed by atoms with Crippen molar-refractivity contribution in [2.45, 2.75) is 89.2 Å². The van der Waals surface area contributed by atoms with Gasteiger partial charge < -0.3 is 30.1 Å². The van der Waals surface area contributed by atoms with Crippen molar-refractivity contribution in [2.75, 3.05) is 6.61 Å². The lowest BCUT2D eigenvalue weighted by Crippen LogP contribution is -2.62. The van der Waals surface area contributed by atoms with Crippen molar-refractivity contribution in [1.82, 2.24) is 19.7 Å². The van der Waals surface area contributed by atoms with Crippen LogP contribution >= 0.6 is 12.2 Å². The van der Waals surface area contributed by atoms with Crippen molar-refractivity contribution in [3.8, 4) is 5.75 Å². The first-order chi connectivity index (χ1) is 16.5. The van der Waals surface area contributed by atoms with Gasteiger partial charge in [-0.3, -0.25) is 9.36 Å². The number of hydrogen-bond acceptors (Lipinski definition) is 8. The molecule has 1 aromatic heterocycles. The molecule has 0 radical (unpaired) electrons. The molecule has 2 aliphatic rings. The number of carbonyl (C=O) groups is 1. The van der Waals surface area contributed by atoms with E-state index < -0.39 is 43.1 Å². The van der Waals surface area contributed by atoms with Crippen LogP contribution in [0.5, 0.6) is 5.75 Å². The molecule has 1 aliphatic heterocycles. The maximum absolute atomic E-state index is 11.8. The molecule has 4 rings (SSSR count). The second-order valence-electron chi connectivity index (χ2n) is 10.3. The van der Waals surface area contributed by atoms with E-state index in [1.54, 1.807) is 0 Å². The number of nitrogens with zero attached hydrogens (tertiary/aromatic N) is 3. The van der Waals surface area contributed by atoms with Gasteiger partial charge in [-0.2, -0.15) is 5.10 Å². The van der Waals surface area contributed by atoms with Crippen LogP contribution in [0, 0.1) is 4.77 Å². The largest absolute Gasteiger partial charge is 0.486 e. The zero-order valence-electron chi connectivity index (χ0n) is 20.4. The molecule has 0 spiro atoms. The van der Waals surface area contributed by atoms with E-state index in [0.717, 1.165) is 12.8 Å². The van der Waals surface area contributed by atoms with E-state index >= 15 is 0 Å². The van der Waals surface area contributed by atoms with E-state index in [1.165, 1.54) is 17.2 Å². The molecular formula is C24H34N4O6S. The van der Waals surface area contributed by atoms with Crippen LogP contribution in [0.2, 0.25) is 0 Å². The monoisotopic (exact) mass is 506 g/mol. The first-order valence-corrected chi connectivity index (χ1v) is 12.2. The number of hydrogen-bond donors (Lipinski definition) is 4. The van der Waals surface area contributed by atoms with Crippen LogP contribution < -0.4 is 10.1 Å². The molecule has 192 valence electrons. The summed E-state index contributed by atoms with van der Waals surface area (Å²) < 4.78 is 15.6. The maximum Gasteiger partial charge on any atom is 0.217 e. The third-order valence-corrected chi connectivity index (χ3v) is 6.80. The number of benzene rings is 1. The summed E-state index contributed by atoms with van der Waals surface area (Å²) in [6.07, 6.45) is -2.94. The Hall–Kier alpha value is -2.31. The lowest BCUT2D eigenvalue weighted by Gasteiger charge is -2.42. The summed E-state index contributed by atoms with van der Waals surface area (Å²) in [5.41, 5.74) is 1.24. The Morgan fingerprint density at radius 1 is 1.23 bits per heavy atom. The lowest BCUT2D eigenvalue weighted by atomic mass is 9.87. The minimum absolute atomic E-state index is 0.0402. The Bertz CT molecular complexity index is 1100. The van der Waals surface area contributed by atoms with Crippen molar-refractivity contribution in [3.63, 3.8) is 0 Å². The number of ether oxygens (including phenoxy) is 2.